The first-order chi connectivity index (χ1) is 11.9. The number of ether oxygens (including phenoxy) is 1. The Morgan fingerprint density at radius 3 is 2.60 bits per heavy atom. The number of benzene rings is 1. The lowest BCUT2D eigenvalue weighted by Crippen LogP contribution is -2.49. The number of carbonyl (C=O) groups is 2. The van der Waals surface area contributed by atoms with Gasteiger partial charge >= 0.3 is 0 Å². The van der Waals surface area contributed by atoms with E-state index in [2.05, 4.69) is 25.8 Å². The third-order valence-electron chi connectivity index (χ3n) is 3.65. The lowest BCUT2D eigenvalue weighted by atomic mass is 10.0. The Kier molecular flexibility index (Phi) is 6.10. The lowest BCUT2D eigenvalue weighted by Gasteiger charge is -2.22. The van der Waals surface area contributed by atoms with Crippen molar-refractivity contribution in [2.24, 2.45) is 5.92 Å². The third-order valence-corrected chi connectivity index (χ3v) is 3.65. The van der Waals surface area contributed by atoms with Crippen LogP contribution in [-0.4, -0.2) is 40.1 Å². The highest BCUT2D eigenvalue weighted by Gasteiger charge is 2.25. The van der Waals surface area contributed by atoms with Gasteiger partial charge in [0, 0.05) is 0 Å². The molecule has 0 unspecified atom stereocenters. The summed E-state index contributed by atoms with van der Waals surface area (Å²) < 4.78 is 5.20. The van der Waals surface area contributed by atoms with E-state index >= 15 is 0 Å². The van der Waals surface area contributed by atoms with Crippen molar-refractivity contribution in [3.8, 4) is 5.75 Å². The van der Waals surface area contributed by atoms with Crippen molar-refractivity contribution in [3.63, 3.8) is 0 Å². The van der Waals surface area contributed by atoms with Crippen LogP contribution in [0.15, 0.2) is 24.3 Å². The highest BCUT2D eigenvalue weighted by molar-refractivity contribution is 5.99. The van der Waals surface area contributed by atoms with Crippen LogP contribution in [0, 0.1) is 12.8 Å². The van der Waals surface area contributed by atoms with Gasteiger partial charge in [0.2, 0.25) is 5.91 Å². The number of amides is 2. The fraction of sp³-hybridized carbons (Fsp3) is 0.412. The number of aromatic amines is 1. The van der Waals surface area contributed by atoms with Crippen molar-refractivity contribution < 1.29 is 14.3 Å². The van der Waals surface area contributed by atoms with E-state index in [9.17, 15) is 9.59 Å². The van der Waals surface area contributed by atoms with Crippen LogP contribution in [0.1, 0.15) is 35.9 Å². The first kappa shape index (κ1) is 18.4. The Labute approximate surface area is 146 Å². The number of aromatic nitrogens is 3. The Bertz CT molecular complexity index is 741. The number of H-pyrrole nitrogens is 1. The molecule has 1 aromatic carbocycles. The number of methoxy groups -OCH3 is 1. The molecule has 0 aliphatic rings. The van der Waals surface area contributed by atoms with Crippen LogP contribution in [0.2, 0.25) is 0 Å². The summed E-state index contributed by atoms with van der Waals surface area (Å²) in [6.07, 6.45) is 0. The van der Waals surface area contributed by atoms with Crippen LogP contribution >= 0.6 is 0 Å². The van der Waals surface area contributed by atoms with Gasteiger partial charge in [-0.2, -0.15) is 5.10 Å². The van der Waals surface area contributed by atoms with E-state index in [1.54, 1.807) is 31.2 Å². The normalized spacial score (nSPS) is 11.9. The van der Waals surface area contributed by atoms with Gasteiger partial charge in [-0.1, -0.05) is 26.0 Å². The molecule has 0 saturated carbocycles. The fourth-order valence-corrected chi connectivity index (χ4v) is 2.33. The molecule has 25 heavy (non-hydrogen) atoms. The SMILES string of the molecule is COc1ccccc1C(=O)N[C@@H](C(=O)NCc1n[nH]c(C)n1)C(C)C. The zero-order chi connectivity index (χ0) is 18.4. The Hall–Kier alpha value is -2.90. The molecule has 8 heteroatoms. The number of nitrogens with zero attached hydrogens (tertiary/aromatic N) is 2. The van der Waals surface area contributed by atoms with Gasteiger partial charge < -0.3 is 15.4 Å². The van der Waals surface area contributed by atoms with E-state index < -0.39 is 6.04 Å². The average Bonchev–Trinajstić information content (AvgIpc) is 3.02. The maximum atomic E-state index is 12.5. The van der Waals surface area contributed by atoms with Crippen LogP contribution in [0.4, 0.5) is 0 Å². The molecule has 0 bridgehead atoms. The molecule has 0 fully saturated rings. The lowest BCUT2D eigenvalue weighted by molar-refractivity contribution is -0.124. The molecule has 2 amide bonds. The minimum atomic E-state index is -0.683. The van der Waals surface area contributed by atoms with Crippen molar-refractivity contribution >= 4 is 11.8 Å². The minimum Gasteiger partial charge on any atom is -0.496 e. The predicted molar refractivity (Wildman–Crippen MR) is 92.1 cm³/mol. The number of rotatable bonds is 7. The highest BCUT2D eigenvalue weighted by atomic mass is 16.5. The molecule has 134 valence electrons. The third kappa shape index (κ3) is 4.79. The topological polar surface area (TPSA) is 109 Å². The molecule has 3 N–H and O–H groups in total. The maximum Gasteiger partial charge on any atom is 0.255 e. The standard InChI is InChI=1S/C17H23N5O3/c1-10(2)15(17(24)18-9-14-19-11(3)21-22-14)20-16(23)12-7-5-6-8-13(12)25-4/h5-8,10,15H,9H2,1-4H3,(H,18,24)(H,20,23)(H,19,21,22)/t15-/m1/s1. The summed E-state index contributed by atoms with van der Waals surface area (Å²) in [4.78, 5) is 29.1. The smallest absolute Gasteiger partial charge is 0.255 e. The first-order valence-corrected chi connectivity index (χ1v) is 8.01. The molecule has 0 spiro atoms. The number of para-hydroxylation sites is 1. The molecule has 0 radical (unpaired) electrons. The van der Waals surface area contributed by atoms with Crippen molar-refractivity contribution in [1.82, 2.24) is 25.8 Å². The summed E-state index contributed by atoms with van der Waals surface area (Å²) in [5.74, 6) is 0.880. The first-order valence-electron chi connectivity index (χ1n) is 8.01. The van der Waals surface area contributed by atoms with Gasteiger partial charge in [-0.25, -0.2) is 4.98 Å². The van der Waals surface area contributed by atoms with Crippen molar-refractivity contribution in [1.29, 1.82) is 0 Å². The van der Waals surface area contributed by atoms with Gasteiger partial charge in [0.1, 0.15) is 17.6 Å². The molecule has 8 nitrogen and oxygen atoms in total. The second kappa shape index (κ2) is 8.27. The van der Waals surface area contributed by atoms with Gasteiger partial charge in [0.15, 0.2) is 5.82 Å². The molecule has 2 aromatic rings. The number of aryl methyl sites for hydroxylation is 1. The number of hydrogen-bond acceptors (Lipinski definition) is 5. The molecule has 0 saturated heterocycles. The summed E-state index contributed by atoms with van der Waals surface area (Å²) in [6.45, 7) is 5.70. The summed E-state index contributed by atoms with van der Waals surface area (Å²) in [5.41, 5.74) is 0.382. The van der Waals surface area contributed by atoms with Crippen molar-refractivity contribution in [3.05, 3.63) is 41.5 Å². The number of carbonyl (C=O) groups excluding carboxylic acids is 2. The van der Waals surface area contributed by atoms with Crippen LogP contribution in [0.5, 0.6) is 5.75 Å². The van der Waals surface area contributed by atoms with Crippen molar-refractivity contribution in [2.45, 2.75) is 33.4 Å². The van der Waals surface area contributed by atoms with Gasteiger partial charge in [0.25, 0.3) is 5.91 Å². The second-order valence-corrected chi connectivity index (χ2v) is 5.95. The number of nitrogens with one attached hydrogen (secondary N) is 3. The van der Waals surface area contributed by atoms with E-state index in [-0.39, 0.29) is 24.3 Å². The maximum absolute atomic E-state index is 12.5. The van der Waals surface area contributed by atoms with Gasteiger partial charge in [0.05, 0.1) is 19.2 Å². The molecule has 2 rings (SSSR count). The summed E-state index contributed by atoms with van der Waals surface area (Å²) in [7, 11) is 1.50. The van der Waals surface area contributed by atoms with E-state index in [1.807, 2.05) is 13.8 Å². The summed E-state index contributed by atoms with van der Waals surface area (Å²) in [5, 5.41) is 12.2. The average molecular weight is 345 g/mol. The molecule has 1 heterocycles. The van der Waals surface area contributed by atoms with Gasteiger partial charge in [-0.15, -0.1) is 0 Å². The van der Waals surface area contributed by atoms with Crippen LogP contribution in [0.3, 0.4) is 0 Å². The zero-order valence-electron chi connectivity index (χ0n) is 14.8. The van der Waals surface area contributed by atoms with E-state index in [0.29, 0.717) is 23.0 Å². The fourth-order valence-electron chi connectivity index (χ4n) is 2.33. The van der Waals surface area contributed by atoms with Crippen molar-refractivity contribution in [2.75, 3.05) is 7.11 Å². The molecule has 0 aliphatic carbocycles. The molecular weight excluding hydrogens is 322 g/mol. The predicted octanol–water partition coefficient (Wildman–Crippen LogP) is 1.19. The molecule has 0 aliphatic heterocycles. The molecular formula is C17H23N5O3. The number of hydrogen-bond donors (Lipinski definition) is 3. The quantitative estimate of drug-likeness (QED) is 0.698. The monoisotopic (exact) mass is 345 g/mol. The van der Waals surface area contributed by atoms with E-state index in [1.165, 1.54) is 7.11 Å². The molecule has 1 atom stereocenters. The van der Waals surface area contributed by atoms with Crippen LogP contribution in [0.25, 0.3) is 0 Å². The van der Waals surface area contributed by atoms with E-state index in [0.717, 1.165) is 0 Å². The largest absolute Gasteiger partial charge is 0.496 e. The van der Waals surface area contributed by atoms with Gasteiger partial charge in [-0.3, -0.25) is 14.7 Å². The van der Waals surface area contributed by atoms with Crippen LogP contribution in [-0.2, 0) is 11.3 Å². The Morgan fingerprint density at radius 1 is 1.28 bits per heavy atom. The summed E-state index contributed by atoms with van der Waals surface area (Å²) in [6, 6.07) is 6.19. The Balaban J connectivity index is 2.04. The Morgan fingerprint density at radius 2 is 2.00 bits per heavy atom. The zero-order valence-corrected chi connectivity index (χ0v) is 14.8. The molecule has 1 aromatic heterocycles. The summed E-state index contributed by atoms with van der Waals surface area (Å²) >= 11 is 0. The van der Waals surface area contributed by atoms with Gasteiger partial charge in [-0.05, 0) is 25.0 Å². The second-order valence-electron chi connectivity index (χ2n) is 5.95. The van der Waals surface area contributed by atoms with Crippen LogP contribution < -0.4 is 15.4 Å². The highest BCUT2D eigenvalue weighted by Crippen LogP contribution is 2.17. The minimum absolute atomic E-state index is 0.0902. The van der Waals surface area contributed by atoms with E-state index in [4.69, 9.17) is 4.74 Å².